The summed E-state index contributed by atoms with van der Waals surface area (Å²) in [6.07, 6.45) is -0.706. The van der Waals surface area contributed by atoms with Crippen LogP contribution in [-0.2, 0) is 18.8 Å². The van der Waals surface area contributed by atoms with Gasteiger partial charge in [0.1, 0.15) is 17.9 Å². The van der Waals surface area contributed by atoms with Crippen molar-refractivity contribution in [2.45, 2.75) is 26.0 Å². The molecule has 7 nitrogen and oxygen atoms in total. The summed E-state index contributed by atoms with van der Waals surface area (Å²) in [5.41, 5.74) is 0. The molecule has 0 saturated carbocycles. The van der Waals surface area contributed by atoms with Gasteiger partial charge in [-0.3, -0.25) is 4.79 Å². The normalized spacial score (nSPS) is 14.9. The van der Waals surface area contributed by atoms with Gasteiger partial charge in [-0.05, 0) is 26.0 Å². The van der Waals surface area contributed by atoms with Crippen LogP contribution in [0.2, 0.25) is 0 Å². The summed E-state index contributed by atoms with van der Waals surface area (Å²) in [6.45, 7) is 2.70. The first kappa shape index (κ1) is 25.6. The van der Waals surface area contributed by atoms with E-state index in [1.54, 1.807) is 6.07 Å². The molecule has 0 bridgehead atoms. The van der Waals surface area contributed by atoms with Crippen molar-refractivity contribution in [3.63, 3.8) is 0 Å². The fourth-order valence-corrected chi connectivity index (χ4v) is 3.86. The third kappa shape index (κ3) is 6.18. The number of carbonyl (C=O) groups excluding carboxylic acids is 1. The number of methoxy groups -OCH3 is 1. The Kier molecular flexibility index (Phi) is 8.59. The molecule has 0 saturated heterocycles. The first-order valence-electron chi connectivity index (χ1n) is 9.02. The van der Waals surface area contributed by atoms with Gasteiger partial charge >= 0.3 is 13.7 Å². The van der Waals surface area contributed by atoms with Crippen LogP contribution in [0, 0.1) is 29.1 Å². The van der Waals surface area contributed by atoms with Gasteiger partial charge in [0.2, 0.25) is 34.8 Å². The Labute approximate surface area is 180 Å². The number of carbonyl (C=O) groups is 1. The van der Waals surface area contributed by atoms with Gasteiger partial charge in [-0.1, -0.05) is 18.2 Å². The molecule has 1 N–H and O–H groups in total. The summed E-state index contributed by atoms with van der Waals surface area (Å²) < 4.78 is 101. The van der Waals surface area contributed by atoms with Gasteiger partial charge < -0.3 is 18.5 Å². The number of ether oxygens (including phenoxy) is 2. The summed E-state index contributed by atoms with van der Waals surface area (Å²) in [6, 6.07) is 5.56. The first-order chi connectivity index (χ1) is 15.0. The smallest absolute Gasteiger partial charge is 0.459 e. The molecule has 2 aromatic carbocycles. The summed E-state index contributed by atoms with van der Waals surface area (Å²) in [5.74, 6) is -14.8. The SMILES string of the molecule is COC[C@@H](C)OC(=O)[C@H](C)NP(=O)(Oc1ccccc1)Oc1c(F)c(F)c(F)c(F)c1F. The minimum Gasteiger partial charge on any atom is -0.459 e. The third-order valence-electron chi connectivity index (χ3n) is 3.77. The molecular weight excluding hydrogens is 464 g/mol. The Hall–Kier alpha value is -2.69. The Morgan fingerprint density at radius 2 is 1.47 bits per heavy atom. The Morgan fingerprint density at radius 1 is 0.938 bits per heavy atom. The molecule has 2 rings (SSSR count). The van der Waals surface area contributed by atoms with Crippen LogP contribution < -0.4 is 14.1 Å². The average Bonchev–Trinajstić information content (AvgIpc) is 2.74. The molecule has 0 aliphatic rings. The molecule has 0 fully saturated rings. The zero-order valence-corrected chi connectivity index (χ0v) is 17.9. The van der Waals surface area contributed by atoms with Crippen LogP contribution in [0.15, 0.2) is 30.3 Å². The number of esters is 1. The van der Waals surface area contributed by atoms with Crippen LogP contribution in [0.25, 0.3) is 0 Å². The zero-order valence-electron chi connectivity index (χ0n) is 17.0. The van der Waals surface area contributed by atoms with Gasteiger partial charge in [0.15, 0.2) is 0 Å². The van der Waals surface area contributed by atoms with E-state index in [1.807, 2.05) is 0 Å². The highest BCUT2D eigenvalue weighted by Crippen LogP contribution is 2.47. The Balaban J connectivity index is 2.39. The minimum absolute atomic E-state index is 0.0394. The molecule has 0 aromatic heterocycles. The van der Waals surface area contributed by atoms with Crippen LogP contribution in [-0.4, -0.2) is 31.8 Å². The highest BCUT2D eigenvalue weighted by atomic mass is 31.2. The van der Waals surface area contributed by atoms with E-state index >= 15 is 0 Å². The predicted molar refractivity (Wildman–Crippen MR) is 102 cm³/mol. The largest absolute Gasteiger partial charge is 0.513 e. The lowest BCUT2D eigenvalue weighted by molar-refractivity contribution is -0.152. The van der Waals surface area contributed by atoms with E-state index in [0.29, 0.717) is 0 Å². The van der Waals surface area contributed by atoms with Crippen LogP contribution in [0.4, 0.5) is 22.0 Å². The number of para-hydroxylation sites is 1. The van der Waals surface area contributed by atoms with Crippen LogP contribution in [0.1, 0.15) is 13.8 Å². The van der Waals surface area contributed by atoms with Gasteiger partial charge in [-0.2, -0.15) is 13.9 Å². The molecule has 176 valence electrons. The lowest BCUT2D eigenvalue weighted by Crippen LogP contribution is -2.38. The van der Waals surface area contributed by atoms with Crippen molar-refractivity contribution in [1.82, 2.24) is 5.09 Å². The summed E-state index contributed by atoms with van der Waals surface area (Å²) >= 11 is 0. The number of hydrogen-bond donors (Lipinski definition) is 1. The zero-order chi connectivity index (χ0) is 24.1. The van der Waals surface area contributed by atoms with Gasteiger partial charge in [0.25, 0.3) is 0 Å². The first-order valence-corrected chi connectivity index (χ1v) is 10.6. The second-order valence-electron chi connectivity index (χ2n) is 6.45. The highest BCUT2D eigenvalue weighted by molar-refractivity contribution is 7.52. The predicted octanol–water partition coefficient (Wildman–Crippen LogP) is 4.50. The lowest BCUT2D eigenvalue weighted by atomic mass is 10.3. The highest BCUT2D eigenvalue weighted by Gasteiger charge is 2.38. The molecule has 3 atom stereocenters. The van der Waals surface area contributed by atoms with E-state index in [0.717, 1.165) is 6.92 Å². The van der Waals surface area contributed by atoms with Gasteiger partial charge in [-0.25, -0.2) is 17.7 Å². The van der Waals surface area contributed by atoms with Crippen LogP contribution in [0.3, 0.4) is 0 Å². The van der Waals surface area contributed by atoms with Crippen molar-refractivity contribution in [1.29, 1.82) is 0 Å². The fourth-order valence-electron chi connectivity index (χ4n) is 2.34. The van der Waals surface area contributed by atoms with E-state index in [1.165, 1.54) is 38.3 Å². The van der Waals surface area contributed by atoms with Crippen LogP contribution in [0.5, 0.6) is 11.5 Å². The van der Waals surface area contributed by atoms with Crippen molar-refractivity contribution < 1.29 is 49.8 Å². The van der Waals surface area contributed by atoms with Crippen molar-refractivity contribution in [3.8, 4) is 11.5 Å². The van der Waals surface area contributed by atoms with E-state index in [2.05, 4.69) is 9.61 Å². The van der Waals surface area contributed by atoms with Crippen LogP contribution >= 0.6 is 7.75 Å². The monoisotopic (exact) mass is 483 g/mol. The van der Waals surface area contributed by atoms with Crippen molar-refractivity contribution >= 4 is 13.7 Å². The quantitative estimate of drug-likeness (QED) is 0.175. The molecule has 0 spiro atoms. The molecule has 2 aromatic rings. The number of rotatable bonds is 10. The molecule has 0 aliphatic heterocycles. The third-order valence-corrected chi connectivity index (χ3v) is 5.35. The Bertz CT molecular complexity index is 980. The van der Waals surface area contributed by atoms with Crippen molar-refractivity contribution in [3.05, 3.63) is 59.4 Å². The second-order valence-corrected chi connectivity index (χ2v) is 8.06. The van der Waals surface area contributed by atoms with E-state index in [4.69, 9.17) is 14.0 Å². The molecule has 0 radical (unpaired) electrons. The van der Waals surface area contributed by atoms with Gasteiger partial charge in [-0.15, -0.1) is 0 Å². The molecule has 0 heterocycles. The standard InChI is InChI=1S/C19H19F5NO6P/c1-10(9-28-3)29-19(26)11(2)25-32(27,30-12-7-5-4-6-8-12)31-18-16(23)14(21)13(20)15(22)17(18)24/h4-8,10-11H,9H2,1-3H3,(H,25,27)/t10-,11+,32?/m1/s1. The topological polar surface area (TPSA) is 83.1 Å². The maximum Gasteiger partial charge on any atom is 0.513 e. The van der Waals surface area contributed by atoms with E-state index < -0.39 is 60.7 Å². The van der Waals surface area contributed by atoms with E-state index in [-0.39, 0.29) is 12.4 Å². The molecule has 32 heavy (non-hydrogen) atoms. The maximum absolute atomic E-state index is 14.1. The molecule has 0 amide bonds. The summed E-state index contributed by atoms with van der Waals surface area (Å²) in [7, 11) is -3.59. The average molecular weight is 483 g/mol. The van der Waals surface area contributed by atoms with Crippen molar-refractivity contribution in [2.75, 3.05) is 13.7 Å². The second kappa shape index (κ2) is 10.8. The minimum atomic E-state index is -4.96. The molecule has 0 aliphatic carbocycles. The van der Waals surface area contributed by atoms with E-state index in [9.17, 15) is 31.3 Å². The molecule has 13 heteroatoms. The Morgan fingerprint density at radius 3 is 2.00 bits per heavy atom. The summed E-state index contributed by atoms with van der Waals surface area (Å²) in [4.78, 5) is 12.2. The fraction of sp³-hybridized carbons (Fsp3) is 0.316. The lowest BCUT2D eigenvalue weighted by Gasteiger charge is -2.24. The number of benzene rings is 2. The number of halogens is 5. The maximum atomic E-state index is 14.1. The molecular formula is C19H19F5NO6P. The van der Waals surface area contributed by atoms with Gasteiger partial charge in [0.05, 0.1) is 6.61 Å². The van der Waals surface area contributed by atoms with Gasteiger partial charge in [0, 0.05) is 7.11 Å². The number of hydrogen-bond acceptors (Lipinski definition) is 6. The van der Waals surface area contributed by atoms with Crippen molar-refractivity contribution in [2.24, 2.45) is 0 Å². The molecule has 1 unspecified atom stereocenters. The summed E-state index contributed by atoms with van der Waals surface area (Å²) in [5, 5.41) is 2.07. The number of nitrogens with one attached hydrogen (secondary N) is 1.